The summed E-state index contributed by atoms with van der Waals surface area (Å²) >= 11 is 0. The molecule has 0 bridgehead atoms. The Morgan fingerprint density at radius 2 is 1.81 bits per heavy atom. The number of aromatic amines is 2. The van der Waals surface area contributed by atoms with Crippen molar-refractivity contribution in [1.82, 2.24) is 24.5 Å². The summed E-state index contributed by atoms with van der Waals surface area (Å²) < 4.78 is 1.79. The number of aliphatic hydroxyl groups is 1. The summed E-state index contributed by atoms with van der Waals surface area (Å²) in [4.78, 5) is 27.3. The van der Waals surface area contributed by atoms with E-state index in [0.29, 0.717) is 18.1 Å². The molecule has 1 saturated carbocycles. The van der Waals surface area contributed by atoms with E-state index in [9.17, 15) is 9.90 Å². The Morgan fingerprint density at radius 1 is 1.07 bits per heavy atom. The summed E-state index contributed by atoms with van der Waals surface area (Å²) in [5, 5.41) is 10.8. The van der Waals surface area contributed by atoms with Gasteiger partial charge in [-0.15, -0.1) is 0 Å². The SMILES string of the molecule is O=c1[nH]c2ncc(-c3cnc4[nH]ccc4c3)cc2n1C[C@H]1CC[C@H](O)CC1. The smallest absolute Gasteiger partial charge is 0.327 e. The molecule has 3 N–H and O–H groups in total. The van der Waals surface area contributed by atoms with Gasteiger partial charge in [0, 0.05) is 41.6 Å². The molecule has 27 heavy (non-hydrogen) atoms. The molecule has 4 aromatic rings. The van der Waals surface area contributed by atoms with Gasteiger partial charge in [0.05, 0.1) is 11.6 Å². The summed E-state index contributed by atoms with van der Waals surface area (Å²) in [5.74, 6) is 0.409. The second kappa shape index (κ2) is 6.35. The van der Waals surface area contributed by atoms with Crippen LogP contribution >= 0.6 is 0 Å². The maximum absolute atomic E-state index is 12.5. The Hall–Kier alpha value is -2.93. The molecule has 0 aliphatic heterocycles. The Balaban J connectivity index is 1.53. The van der Waals surface area contributed by atoms with Gasteiger partial charge in [-0.1, -0.05) is 0 Å². The first-order chi connectivity index (χ1) is 13.2. The lowest BCUT2D eigenvalue weighted by Gasteiger charge is -2.25. The highest BCUT2D eigenvalue weighted by Gasteiger charge is 2.21. The van der Waals surface area contributed by atoms with Crippen molar-refractivity contribution >= 4 is 22.2 Å². The van der Waals surface area contributed by atoms with E-state index in [0.717, 1.165) is 53.4 Å². The monoisotopic (exact) mass is 363 g/mol. The molecule has 0 aromatic carbocycles. The van der Waals surface area contributed by atoms with Crippen LogP contribution in [0.4, 0.5) is 0 Å². The largest absolute Gasteiger partial charge is 0.393 e. The zero-order chi connectivity index (χ0) is 18.4. The van der Waals surface area contributed by atoms with E-state index >= 15 is 0 Å². The standard InChI is InChI=1S/C20H21N5O2/c26-16-3-1-12(2-4-16)11-25-17-8-15(10-23-19(17)24-20(25)27)14-7-13-5-6-21-18(13)22-9-14/h5-10,12,16,26H,1-4,11H2,(H,21,22)(H,23,24,27)/t12-,16-. The van der Waals surface area contributed by atoms with E-state index in [1.165, 1.54) is 0 Å². The van der Waals surface area contributed by atoms with E-state index in [1.807, 2.05) is 24.5 Å². The lowest BCUT2D eigenvalue weighted by Crippen LogP contribution is -2.26. The van der Waals surface area contributed by atoms with Gasteiger partial charge >= 0.3 is 5.69 Å². The average molecular weight is 363 g/mol. The number of nitrogens with one attached hydrogen (secondary N) is 2. The first-order valence-corrected chi connectivity index (χ1v) is 9.37. The van der Waals surface area contributed by atoms with Crippen LogP contribution in [0, 0.1) is 5.92 Å². The number of aliphatic hydroxyl groups excluding tert-OH is 1. The minimum Gasteiger partial charge on any atom is -0.393 e. The molecule has 1 aliphatic carbocycles. The predicted octanol–water partition coefficient (Wildman–Crippen LogP) is 2.82. The highest BCUT2D eigenvalue weighted by Crippen LogP contribution is 2.27. The van der Waals surface area contributed by atoms with Gasteiger partial charge in [0.2, 0.25) is 0 Å². The molecule has 0 unspecified atom stereocenters. The molecule has 0 saturated heterocycles. The molecular weight excluding hydrogens is 342 g/mol. The molecule has 0 spiro atoms. The number of pyridine rings is 2. The number of nitrogens with zero attached hydrogens (tertiary/aromatic N) is 3. The van der Waals surface area contributed by atoms with Crippen molar-refractivity contribution in [3.8, 4) is 11.1 Å². The molecule has 0 atom stereocenters. The van der Waals surface area contributed by atoms with Gasteiger partial charge in [0.15, 0.2) is 5.65 Å². The van der Waals surface area contributed by atoms with Crippen LogP contribution < -0.4 is 5.69 Å². The lowest BCUT2D eigenvalue weighted by atomic mass is 9.87. The van der Waals surface area contributed by atoms with Crippen molar-refractivity contribution in [2.45, 2.75) is 38.3 Å². The Kier molecular flexibility index (Phi) is 3.82. The number of H-pyrrole nitrogens is 2. The van der Waals surface area contributed by atoms with Gasteiger partial charge in [-0.3, -0.25) is 9.55 Å². The van der Waals surface area contributed by atoms with Crippen LogP contribution in [-0.2, 0) is 6.54 Å². The maximum atomic E-state index is 12.5. The average Bonchev–Trinajstić information content (AvgIpc) is 3.27. The number of hydrogen-bond acceptors (Lipinski definition) is 4. The molecule has 5 rings (SSSR count). The first kappa shape index (κ1) is 16.3. The van der Waals surface area contributed by atoms with Crippen LogP contribution in [0.25, 0.3) is 33.3 Å². The number of aromatic nitrogens is 5. The third kappa shape index (κ3) is 2.94. The molecule has 138 valence electrons. The number of rotatable bonds is 3. The van der Waals surface area contributed by atoms with Gasteiger partial charge in [-0.05, 0) is 49.8 Å². The second-order valence-electron chi connectivity index (χ2n) is 7.45. The van der Waals surface area contributed by atoms with Gasteiger partial charge < -0.3 is 10.1 Å². The van der Waals surface area contributed by atoms with Crippen molar-refractivity contribution in [2.24, 2.45) is 5.92 Å². The van der Waals surface area contributed by atoms with Crippen molar-refractivity contribution in [1.29, 1.82) is 0 Å². The van der Waals surface area contributed by atoms with E-state index in [-0.39, 0.29) is 11.8 Å². The molecule has 0 amide bonds. The van der Waals surface area contributed by atoms with E-state index in [2.05, 4.69) is 26.0 Å². The molecular formula is C20H21N5O2. The van der Waals surface area contributed by atoms with Crippen LogP contribution in [0.3, 0.4) is 0 Å². The van der Waals surface area contributed by atoms with Crippen molar-refractivity contribution in [3.05, 3.63) is 47.3 Å². The third-order valence-electron chi connectivity index (χ3n) is 5.62. The maximum Gasteiger partial charge on any atom is 0.327 e. The van der Waals surface area contributed by atoms with Crippen molar-refractivity contribution in [3.63, 3.8) is 0 Å². The van der Waals surface area contributed by atoms with Gasteiger partial charge in [0.1, 0.15) is 5.65 Å². The Morgan fingerprint density at radius 3 is 2.63 bits per heavy atom. The summed E-state index contributed by atoms with van der Waals surface area (Å²) in [7, 11) is 0. The topological polar surface area (TPSA) is 99.6 Å². The lowest BCUT2D eigenvalue weighted by molar-refractivity contribution is 0.104. The normalized spacial score (nSPS) is 20.5. The number of imidazole rings is 1. The zero-order valence-electron chi connectivity index (χ0n) is 14.9. The second-order valence-corrected chi connectivity index (χ2v) is 7.45. The van der Waals surface area contributed by atoms with Crippen LogP contribution in [0.2, 0.25) is 0 Å². The molecule has 1 aliphatic rings. The summed E-state index contributed by atoms with van der Waals surface area (Å²) in [6.45, 7) is 0.659. The highest BCUT2D eigenvalue weighted by molar-refractivity contribution is 5.84. The van der Waals surface area contributed by atoms with Gasteiger partial charge in [0.25, 0.3) is 0 Å². The van der Waals surface area contributed by atoms with Crippen LogP contribution in [0.5, 0.6) is 0 Å². The fourth-order valence-corrected chi connectivity index (χ4v) is 4.06. The molecule has 7 heteroatoms. The van der Waals surface area contributed by atoms with Crippen LogP contribution in [0.1, 0.15) is 25.7 Å². The highest BCUT2D eigenvalue weighted by atomic mass is 16.3. The Bertz CT molecular complexity index is 1160. The van der Waals surface area contributed by atoms with Gasteiger partial charge in [-0.2, -0.15) is 0 Å². The first-order valence-electron chi connectivity index (χ1n) is 9.37. The predicted molar refractivity (Wildman–Crippen MR) is 103 cm³/mol. The molecule has 7 nitrogen and oxygen atoms in total. The molecule has 4 heterocycles. The quantitative estimate of drug-likeness (QED) is 0.521. The van der Waals surface area contributed by atoms with Crippen molar-refractivity contribution in [2.75, 3.05) is 0 Å². The zero-order valence-corrected chi connectivity index (χ0v) is 14.9. The number of hydrogen-bond donors (Lipinski definition) is 3. The van der Waals surface area contributed by atoms with Crippen LogP contribution in [-0.4, -0.2) is 35.7 Å². The van der Waals surface area contributed by atoms with E-state index in [1.54, 1.807) is 10.8 Å². The molecule has 4 aromatic heterocycles. The number of fused-ring (bicyclic) bond motifs is 2. The molecule has 1 fully saturated rings. The van der Waals surface area contributed by atoms with E-state index < -0.39 is 0 Å². The summed E-state index contributed by atoms with van der Waals surface area (Å²) in [6.07, 6.45) is 8.79. The van der Waals surface area contributed by atoms with Gasteiger partial charge in [-0.25, -0.2) is 14.8 Å². The molecule has 0 radical (unpaired) electrons. The summed E-state index contributed by atoms with van der Waals surface area (Å²) in [6, 6.07) is 6.06. The van der Waals surface area contributed by atoms with Crippen LogP contribution in [0.15, 0.2) is 41.6 Å². The fourth-order valence-electron chi connectivity index (χ4n) is 4.06. The minimum absolute atomic E-state index is 0.125. The fraction of sp³-hybridized carbons (Fsp3) is 0.350. The third-order valence-corrected chi connectivity index (χ3v) is 5.62. The Labute approximate surface area is 155 Å². The van der Waals surface area contributed by atoms with E-state index in [4.69, 9.17) is 0 Å². The van der Waals surface area contributed by atoms with Crippen molar-refractivity contribution < 1.29 is 5.11 Å². The summed E-state index contributed by atoms with van der Waals surface area (Å²) in [5.41, 5.74) is 4.06. The minimum atomic E-state index is -0.190.